The average molecular weight is 640 g/mol. The smallest absolute Gasteiger partial charge is 0.187 e. The van der Waals surface area contributed by atoms with Crippen LogP contribution in [-0.4, -0.2) is 143 Å². The van der Waals surface area contributed by atoms with Crippen LogP contribution in [0.3, 0.4) is 0 Å². The molecule has 2 saturated heterocycles. The normalized spacial score (nSPS) is 36.9. The van der Waals surface area contributed by atoms with Crippen molar-refractivity contribution in [1.29, 1.82) is 0 Å². The fourth-order valence-corrected chi connectivity index (χ4v) is 5.76. The van der Waals surface area contributed by atoms with E-state index in [-0.39, 0.29) is 0 Å². The van der Waals surface area contributed by atoms with E-state index >= 15 is 0 Å². The lowest BCUT2D eigenvalue weighted by molar-refractivity contribution is -0.386. The molecule has 0 aromatic rings. The van der Waals surface area contributed by atoms with E-state index in [1.165, 1.54) is 57.4 Å². The van der Waals surface area contributed by atoms with Gasteiger partial charge in [0.2, 0.25) is 0 Å². The van der Waals surface area contributed by atoms with Gasteiger partial charge in [-0.25, -0.2) is 0 Å². The molecule has 2 fully saturated rings. The second-order valence-electron chi connectivity index (χ2n) is 12.1. The van der Waals surface area contributed by atoms with E-state index < -0.39 is 92.4 Å². The Hall–Kier alpha value is -0.820. The minimum Gasteiger partial charge on any atom is -0.394 e. The Morgan fingerprint density at radius 3 is 1.91 bits per heavy atom. The van der Waals surface area contributed by atoms with Crippen LogP contribution in [0.15, 0.2) is 12.2 Å². The number of aliphatic hydroxyl groups is 10. The van der Waals surface area contributed by atoms with Gasteiger partial charge in [-0.2, -0.15) is 0 Å². The van der Waals surface area contributed by atoms with Crippen molar-refractivity contribution < 1.29 is 65.3 Å². The van der Waals surface area contributed by atoms with E-state index in [2.05, 4.69) is 6.92 Å². The second kappa shape index (κ2) is 19.8. The fourth-order valence-electron chi connectivity index (χ4n) is 5.76. The zero-order valence-electron chi connectivity index (χ0n) is 25.8. The third-order valence-electron chi connectivity index (χ3n) is 8.73. The number of aliphatic hydroxyl groups excluding tert-OH is 10. The lowest BCUT2D eigenvalue weighted by Gasteiger charge is -2.52. The summed E-state index contributed by atoms with van der Waals surface area (Å²) in [4.78, 5) is 0. The van der Waals surface area contributed by atoms with Gasteiger partial charge in [0.05, 0.1) is 25.4 Å². The van der Waals surface area contributed by atoms with E-state index in [1.807, 2.05) is 0 Å². The van der Waals surface area contributed by atoms with Crippen LogP contribution >= 0.6 is 0 Å². The van der Waals surface area contributed by atoms with Crippen molar-refractivity contribution in [3.05, 3.63) is 12.2 Å². The van der Waals surface area contributed by atoms with Gasteiger partial charge < -0.3 is 71.0 Å². The third-order valence-corrected chi connectivity index (χ3v) is 8.73. The van der Waals surface area contributed by atoms with Gasteiger partial charge in [-0.15, -0.1) is 0 Å². The largest absolute Gasteiger partial charge is 0.394 e. The predicted molar refractivity (Wildman–Crippen MR) is 158 cm³/mol. The molecule has 3 unspecified atom stereocenters. The molecule has 0 spiro atoms. The quantitative estimate of drug-likeness (QED) is 0.0523. The molecule has 44 heavy (non-hydrogen) atoms. The first-order chi connectivity index (χ1) is 21.0. The topological polar surface area (TPSA) is 256 Å². The van der Waals surface area contributed by atoms with Gasteiger partial charge in [0.25, 0.3) is 0 Å². The number of ether oxygens (including phenoxy) is 3. The Morgan fingerprint density at radius 1 is 0.795 bits per heavy atom. The monoisotopic (exact) mass is 639 g/mol. The predicted octanol–water partition coefficient (Wildman–Crippen LogP) is -1.72. The SMILES string of the molecule is CCCCCCCCCCCCC/C=C/[C@@H](O)[C@@H](N)C(O)[C@@]1(CO)O[C@@H](O[C@H]2[C@H](O)C(O)C(O)O[C@@H]2CO)[C@H](O)[C@@H](O)[C@H]1O. The standard InChI is InChI=1S/C30H57NO13/c1-2-3-4-5-6-7-8-9-10-11-12-13-14-15-18(34)20(31)26(39)30(17-33)27(40)22(36)24(38)29(44-30)43-25-19(16-32)42-28(41)23(37)21(25)35/h14-15,18-29,32-41H,2-13,16-17,31H2,1H3/b15-14+/t18-,19-,20-,21-,22-,23?,24-,25-,26?,27-,28?,29-,30-/m1/s1. The molecule has 2 aliphatic heterocycles. The average Bonchev–Trinajstić information content (AvgIpc) is 3.02. The highest BCUT2D eigenvalue weighted by atomic mass is 16.7. The first-order valence-corrected chi connectivity index (χ1v) is 16.0. The van der Waals surface area contributed by atoms with Gasteiger partial charge in [-0.05, 0) is 12.8 Å². The molecule has 14 nitrogen and oxygen atoms in total. The maximum absolute atomic E-state index is 11.1. The summed E-state index contributed by atoms with van der Waals surface area (Å²) in [5.41, 5.74) is 3.61. The van der Waals surface area contributed by atoms with Crippen molar-refractivity contribution >= 4 is 0 Å². The maximum atomic E-state index is 11.1. The highest BCUT2D eigenvalue weighted by molar-refractivity contribution is 5.10. The zero-order valence-corrected chi connectivity index (χ0v) is 25.8. The maximum Gasteiger partial charge on any atom is 0.187 e. The van der Waals surface area contributed by atoms with Crippen LogP contribution in [0.25, 0.3) is 0 Å². The molecular weight excluding hydrogens is 582 g/mol. The summed E-state index contributed by atoms with van der Waals surface area (Å²) in [7, 11) is 0. The lowest BCUT2D eigenvalue weighted by atomic mass is 9.79. The van der Waals surface area contributed by atoms with Crippen molar-refractivity contribution in [2.75, 3.05) is 13.2 Å². The molecule has 260 valence electrons. The number of hydrogen-bond acceptors (Lipinski definition) is 14. The molecule has 0 bridgehead atoms. The molecular formula is C30H57NO13. The molecule has 2 aliphatic rings. The van der Waals surface area contributed by atoms with Crippen LogP contribution < -0.4 is 5.73 Å². The third kappa shape index (κ3) is 10.3. The van der Waals surface area contributed by atoms with Crippen molar-refractivity contribution in [2.45, 2.75) is 163 Å². The molecule has 0 aromatic heterocycles. The van der Waals surface area contributed by atoms with Crippen LogP contribution in [-0.2, 0) is 14.2 Å². The number of nitrogens with two attached hydrogens (primary N) is 1. The number of allylic oxidation sites excluding steroid dienone is 1. The van der Waals surface area contributed by atoms with Gasteiger partial charge in [0.15, 0.2) is 18.2 Å². The number of unbranched alkanes of at least 4 members (excludes halogenated alkanes) is 11. The van der Waals surface area contributed by atoms with Crippen molar-refractivity contribution in [3.63, 3.8) is 0 Å². The van der Waals surface area contributed by atoms with E-state index in [0.717, 1.165) is 19.3 Å². The first kappa shape index (κ1) is 39.4. The van der Waals surface area contributed by atoms with Crippen LogP contribution in [0.5, 0.6) is 0 Å². The van der Waals surface area contributed by atoms with Crippen LogP contribution in [0.1, 0.15) is 84.0 Å². The number of hydrogen-bond donors (Lipinski definition) is 11. The van der Waals surface area contributed by atoms with E-state index in [0.29, 0.717) is 6.42 Å². The molecule has 0 saturated carbocycles. The Labute approximate surface area is 259 Å². The summed E-state index contributed by atoms with van der Waals surface area (Å²) in [6.45, 7) is 0.272. The molecule has 14 heteroatoms. The zero-order chi connectivity index (χ0) is 32.9. The van der Waals surface area contributed by atoms with Crippen molar-refractivity contribution in [1.82, 2.24) is 0 Å². The second-order valence-corrected chi connectivity index (χ2v) is 12.1. The van der Waals surface area contributed by atoms with Gasteiger partial charge in [0, 0.05) is 0 Å². The van der Waals surface area contributed by atoms with E-state index in [4.69, 9.17) is 19.9 Å². The van der Waals surface area contributed by atoms with Crippen LogP contribution in [0.2, 0.25) is 0 Å². The molecule has 2 heterocycles. The molecule has 12 N–H and O–H groups in total. The van der Waals surface area contributed by atoms with Gasteiger partial charge in [-0.1, -0.05) is 83.3 Å². The summed E-state index contributed by atoms with van der Waals surface area (Å²) >= 11 is 0. The highest BCUT2D eigenvalue weighted by Crippen LogP contribution is 2.36. The Kier molecular flexibility index (Phi) is 17.7. The number of rotatable bonds is 20. The fraction of sp³-hybridized carbons (Fsp3) is 0.933. The summed E-state index contributed by atoms with van der Waals surface area (Å²) in [6, 6.07) is -1.53. The molecule has 0 radical (unpaired) electrons. The first-order valence-electron chi connectivity index (χ1n) is 16.0. The molecule has 0 aromatic carbocycles. The molecule has 2 rings (SSSR count). The van der Waals surface area contributed by atoms with E-state index in [9.17, 15) is 51.1 Å². The minimum atomic E-state index is -2.47. The van der Waals surface area contributed by atoms with Crippen LogP contribution in [0, 0.1) is 0 Å². The summed E-state index contributed by atoms with van der Waals surface area (Å²) in [6.07, 6.45) is -3.20. The Morgan fingerprint density at radius 2 is 1.36 bits per heavy atom. The minimum absolute atomic E-state index is 0.667. The summed E-state index contributed by atoms with van der Waals surface area (Å²) < 4.78 is 16.1. The highest BCUT2D eigenvalue weighted by Gasteiger charge is 2.60. The van der Waals surface area contributed by atoms with Crippen molar-refractivity contribution in [2.24, 2.45) is 5.73 Å². The van der Waals surface area contributed by atoms with Crippen molar-refractivity contribution in [3.8, 4) is 0 Å². The summed E-state index contributed by atoms with van der Waals surface area (Å²) in [5.74, 6) is 0. The lowest BCUT2D eigenvalue weighted by Crippen LogP contribution is -2.74. The molecule has 13 atom stereocenters. The van der Waals surface area contributed by atoms with Crippen LogP contribution in [0.4, 0.5) is 0 Å². The van der Waals surface area contributed by atoms with Gasteiger partial charge in [0.1, 0.15) is 48.8 Å². The molecule has 0 aliphatic carbocycles. The van der Waals surface area contributed by atoms with Gasteiger partial charge >= 0.3 is 0 Å². The van der Waals surface area contributed by atoms with E-state index in [1.54, 1.807) is 6.08 Å². The Bertz CT molecular complexity index is 807. The Balaban J connectivity index is 1.93. The van der Waals surface area contributed by atoms with Gasteiger partial charge in [-0.3, -0.25) is 0 Å². The summed E-state index contributed by atoms with van der Waals surface area (Å²) in [5, 5.41) is 103. The molecule has 0 amide bonds.